The number of guanidine groups is 1. The topological polar surface area (TPSA) is 36.9 Å². The van der Waals surface area contributed by atoms with E-state index in [9.17, 15) is 0 Å². The van der Waals surface area contributed by atoms with Crippen molar-refractivity contribution >= 4 is 5.96 Å². The molecule has 1 saturated heterocycles. The molecule has 1 aromatic rings. The fraction of sp³-hybridized carbons (Fsp3) is 0.588. The minimum Gasteiger partial charge on any atom is -0.493 e. The minimum absolute atomic E-state index is 0.830. The highest BCUT2D eigenvalue weighted by Gasteiger charge is 2.15. The molecule has 1 fully saturated rings. The van der Waals surface area contributed by atoms with Crippen molar-refractivity contribution in [3.63, 3.8) is 0 Å². The van der Waals surface area contributed by atoms with E-state index in [2.05, 4.69) is 35.3 Å². The van der Waals surface area contributed by atoms with Gasteiger partial charge in [-0.15, -0.1) is 0 Å². The number of nitrogens with zero attached hydrogens (tertiary/aromatic N) is 2. The first-order valence-corrected chi connectivity index (χ1v) is 8.14. The summed E-state index contributed by atoms with van der Waals surface area (Å²) in [6, 6.07) is 6.55. The molecule has 0 saturated carbocycles. The number of rotatable bonds is 4. The van der Waals surface area contributed by atoms with E-state index < -0.39 is 0 Å². The highest BCUT2D eigenvalue weighted by molar-refractivity contribution is 5.80. The van der Waals surface area contributed by atoms with Crippen LogP contribution in [0.5, 0.6) is 5.75 Å². The Kier molecular flexibility index (Phi) is 4.63. The van der Waals surface area contributed by atoms with E-state index in [-0.39, 0.29) is 0 Å². The normalized spacial score (nSPS) is 17.8. The zero-order valence-electron chi connectivity index (χ0n) is 12.9. The second kappa shape index (κ2) is 6.83. The van der Waals surface area contributed by atoms with Gasteiger partial charge in [-0.3, -0.25) is 4.99 Å². The molecular formula is C17H25N3O. The predicted molar refractivity (Wildman–Crippen MR) is 86.1 cm³/mol. The van der Waals surface area contributed by atoms with Crippen molar-refractivity contribution in [1.29, 1.82) is 0 Å². The van der Waals surface area contributed by atoms with Crippen molar-refractivity contribution in [2.75, 3.05) is 32.8 Å². The van der Waals surface area contributed by atoms with Gasteiger partial charge in [0.1, 0.15) is 5.75 Å². The summed E-state index contributed by atoms with van der Waals surface area (Å²) >= 11 is 0. The number of ether oxygens (including phenoxy) is 1. The maximum atomic E-state index is 5.55. The molecule has 0 radical (unpaired) electrons. The highest BCUT2D eigenvalue weighted by atomic mass is 16.5. The zero-order chi connectivity index (χ0) is 14.5. The number of aliphatic imine (C=N–C) groups is 1. The largest absolute Gasteiger partial charge is 0.493 e. The predicted octanol–water partition coefficient (Wildman–Crippen LogP) is 2.23. The van der Waals surface area contributed by atoms with E-state index in [0.29, 0.717) is 0 Å². The molecule has 2 aliphatic rings. The first kappa shape index (κ1) is 14.2. The third-order valence-electron chi connectivity index (χ3n) is 4.16. The van der Waals surface area contributed by atoms with E-state index in [1.165, 1.54) is 24.0 Å². The summed E-state index contributed by atoms with van der Waals surface area (Å²) in [4.78, 5) is 7.16. The summed E-state index contributed by atoms with van der Waals surface area (Å²) in [5, 5.41) is 3.41. The van der Waals surface area contributed by atoms with Crippen molar-refractivity contribution in [2.45, 2.75) is 32.6 Å². The van der Waals surface area contributed by atoms with Crippen molar-refractivity contribution < 1.29 is 4.74 Å². The van der Waals surface area contributed by atoms with Crippen molar-refractivity contribution in [2.24, 2.45) is 4.99 Å². The van der Waals surface area contributed by atoms with Gasteiger partial charge in [0.25, 0.3) is 0 Å². The molecule has 21 heavy (non-hydrogen) atoms. The third kappa shape index (κ3) is 3.49. The Balaban J connectivity index is 1.59. The Morgan fingerprint density at radius 2 is 2.19 bits per heavy atom. The monoisotopic (exact) mass is 287 g/mol. The van der Waals surface area contributed by atoms with Gasteiger partial charge in [0.15, 0.2) is 5.96 Å². The average molecular weight is 287 g/mol. The lowest BCUT2D eigenvalue weighted by Crippen LogP contribution is -2.39. The molecule has 0 aromatic heterocycles. The molecule has 3 rings (SSSR count). The smallest absolute Gasteiger partial charge is 0.193 e. The molecule has 0 bridgehead atoms. The molecule has 114 valence electrons. The maximum absolute atomic E-state index is 5.55. The molecule has 0 atom stereocenters. The van der Waals surface area contributed by atoms with Crippen LogP contribution in [0.15, 0.2) is 23.2 Å². The standard InChI is InChI=1S/C17H25N3O/c1-2-18-17(20-10-3-4-11-20)19-9-7-14-5-6-16-15(13-14)8-12-21-16/h5-6,13H,2-4,7-12H2,1H3,(H,18,19). The fourth-order valence-corrected chi connectivity index (χ4v) is 3.04. The SMILES string of the molecule is CCNC(=NCCc1ccc2c(c1)CCO2)N1CCCC1. The van der Waals surface area contributed by atoms with Gasteiger partial charge in [0.05, 0.1) is 6.61 Å². The summed E-state index contributed by atoms with van der Waals surface area (Å²) in [5.74, 6) is 2.15. The fourth-order valence-electron chi connectivity index (χ4n) is 3.04. The molecule has 0 aliphatic carbocycles. The van der Waals surface area contributed by atoms with Gasteiger partial charge in [-0.25, -0.2) is 0 Å². The highest BCUT2D eigenvalue weighted by Crippen LogP contribution is 2.25. The molecule has 1 N–H and O–H groups in total. The van der Waals surface area contributed by atoms with E-state index in [1.54, 1.807) is 0 Å². The average Bonchev–Trinajstić information content (AvgIpc) is 3.17. The van der Waals surface area contributed by atoms with Gasteiger partial charge >= 0.3 is 0 Å². The number of likely N-dealkylation sites (tertiary alicyclic amines) is 1. The van der Waals surface area contributed by atoms with E-state index in [0.717, 1.165) is 57.3 Å². The molecule has 1 aromatic carbocycles. The summed E-state index contributed by atoms with van der Waals surface area (Å²) in [5.41, 5.74) is 2.71. The molecule has 0 amide bonds. The maximum Gasteiger partial charge on any atom is 0.193 e. The van der Waals surface area contributed by atoms with E-state index in [1.807, 2.05) is 0 Å². The molecule has 4 nitrogen and oxygen atoms in total. The Labute approximate surface area is 127 Å². The van der Waals surface area contributed by atoms with Gasteiger partial charge in [-0.05, 0) is 43.4 Å². The van der Waals surface area contributed by atoms with Gasteiger partial charge in [-0.2, -0.15) is 0 Å². The van der Waals surface area contributed by atoms with Crippen LogP contribution in [0.25, 0.3) is 0 Å². The first-order chi connectivity index (χ1) is 10.4. The van der Waals surface area contributed by atoms with Crippen LogP contribution in [0.1, 0.15) is 30.9 Å². The second-order valence-corrected chi connectivity index (χ2v) is 5.72. The van der Waals surface area contributed by atoms with Crippen LogP contribution in [0.3, 0.4) is 0 Å². The van der Waals surface area contributed by atoms with E-state index >= 15 is 0 Å². The summed E-state index contributed by atoms with van der Waals surface area (Å²) in [6.45, 7) is 7.02. The Bertz CT molecular complexity index is 507. The Hall–Kier alpha value is -1.71. The van der Waals surface area contributed by atoms with Crippen LogP contribution in [-0.4, -0.2) is 43.6 Å². The number of hydrogen-bond acceptors (Lipinski definition) is 2. The van der Waals surface area contributed by atoms with Crippen molar-refractivity contribution in [3.05, 3.63) is 29.3 Å². The molecule has 2 aliphatic heterocycles. The van der Waals surface area contributed by atoms with Crippen LogP contribution in [0.2, 0.25) is 0 Å². The number of hydrogen-bond donors (Lipinski definition) is 1. The van der Waals surface area contributed by atoms with E-state index in [4.69, 9.17) is 9.73 Å². The first-order valence-electron chi connectivity index (χ1n) is 8.14. The van der Waals surface area contributed by atoms with Crippen molar-refractivity contribution in [1.82, 2.24) is 10.2 Å². The van der Waals surface area contributed by atoms with Crippen LogP contribution in [-0.2, 0) is 12.8 Å². The quantitative estimate of drug-likeness (QED) is 0.681. The van der Waals surface area contributed by atoms with Crippen molar-refractivity contribution in [3.8, 4) is 5.75 Å². The number of benzene rings is 1. The van der Waals surface area contributed by atoms with Gasteiger partial charge in [0, 0.05) is 32.6 Å². The minimum atomic E-state index is 0.830. The Morgan fingerprint density at radius 3 is 3.00 bits per heavy atom. The molecule has 0 spiro atoms. The summed E-state index contributed by atoms with van der Waals surface area (Å²) in [6.07, 6.45) is 4.61. The lowest BCUT2D eigenvalue weighted by atomic mass is 10.1. The molecule has 4 heteroatoms. The summed E-state index contributed by atoms with van der Waals surface area (Å²) < 4.78 is 5.55. The lowest BCUT2D eigenvalue weighted by Gasteiger charge is -2.20. The number of nitrogens with one attached hydrogen (secondary N) is 1. The molecule has 0 unspecified atom stereocenters. The van der Waals surface area contributed by atoms with Gasteiger partial charge in [0.2, 0.25) is 0 Å². The van der Waals surface area contributed by atoms with Gasteiger partial charge < -0.3 is 15.0 Å². The second-order valence-electron chi connectivity index (χ2n) is 5.72. The van der Waals surface area contributed by atoms with Crippen LogP contribution in [0, 0.1) is 0 Å². The number of fused-ring (bicyclic) bond motifs is 1. The van der Waals surface area contributed by atoms with Crippen LogP contribution < -0.4 is 10.1 Å². The molecular weight excluding hydrogens is 262 g/mol. The van der Waals surface area contributed by atoms with Crippen LogP contribution in [0.4, 0.5) is 0 Å². The Morgan fingerprint density at radius 1 is 1.33 bits per heavy atom. The van der Waals surface area contributed by atoms with Gasteiger partial charge in [-0.1, -0.05) is 12.1 Å². The molecule has 2 heterocycles. The van der Waals surface area contributed by atoms with Crippen LogP contribution >= 0.6 is 0 Å². The summed E-state index contributed by atoms with van der Waals surface area (Å²) in [7, 11) is 0. The zero-order valence-corrected chi connectivity index (χ0v) is 12.9. The lowest BCUT2D eigenvalue weighted by molar-refractivity contribution is 0.357. The third-order valence-corrected chi connectivity index (χ3v) is 4.16.